The molecule has 0 radical (unpaired) electrons. The van der Waals surface area contributed by atoms with E-state index in [1.807, 2.05) is 6.92 Å². The minimum Gasteiger partial charge on any atom is -0.480 e. The van der Waals surface area contributed by atoms with Crippen LogP contribution < -0.4 is 0 Å². The molecule has 5 heteroatoms. The Morgan fingerprint density at radius 2 is 2.05 bits per heavy atom. The van der Waals surface area contributed by atoms with Gasteiger partial charge in [-0.05, 0) is 25.7 Å². The molecule has 0 aromatic rings. The van der Waals surface area contributed by atoms with Crippen molar-refractivity contribution in [2.45, 2.75) is 57.6 Å². The first kappa shape index (κ1) is 14.3. The van der Waals surface area contributed by atoms with Crippen molar-refractivity contribution in [1.29, 1.82) is 0 Å². The number of carbonyl (C=O) groups excluding carboxylic acids is 1. The molecule has 19 heavy (non-hydrogen) atoms. The predicted molar refractivity (Wildman–Crippen MR) is 69.7 cm³/mol. The van der Waals surface area contributed by atoms with Gasteiger partial charge in [0.15, 0.2) is 0 Å². The molecule has 2 aliphatic heterocycles. The number of hydrogen-bond acceptors (Lipinski definition) is 3. The van der Waals surface area contributed by atoms with Crippen molar-refractivity contribution in [3.63, 3.8) is 0 Å². The normalized spacial score (nSPS) is 32.1. The molecule has 3 unspecified atom stereocenters. The van der Waals surface area contributed by atoms with Crippen LogP contribution in [-0.2, 0) is 14.3 Å². The first-order chi connectivity index (χ1) is 9.15. The van der Waals surface area contributed by atoms with Crippen molar-refractivity contribution >= 4 is 11.9 Å². The summed E-state index contributed by atoms with van der Waals surface area (Å²) in [5.74, 6) is -1.04. The van der Waals surface area contributed by atoms with Crippen molar-refractivity contribution in [2.75, 3.05) is 13.2 Å². The number of ether oxygens (including phenoxy) is 1. The van der Waals surface area contributed by atoms with E-state index < -0.39 is 12.0 Å². The lowest BCUT2D eigenvalue weighted by molar-refractivity contribution is -0.152. The summed E-state index contributed by atoms with van der Waals surface area (Å²) in [6.07, 6.45) is 4.86. The maximum atomic E-state index is 12.6. The van der Waals surface area contributed by atoms with Gasteiger partial charge in [0.05, 0.1) is 12.0 Å². The molecule has 0 spiro atoms. The predicted octanol–water partition coefficient (Wildman–Crippen LogP) is 1.66. The molecular formula is C14H23NO4. The fraction of sp³-hybridized carbons (Fsp3) is 0.857. The Kier molecular flexibility index (Phi) is 4.80. The van der Waals surface area contributed by atoms with E-state index in [2.05, 4.69) is 0 Å². The van der Waals surface area contributed by atoms with Crippen molar-refractivity contribution in [1.82, 2.24) is 4.90 Å². The number of carboxylic acids is 1. The lowest BCUT2D eigenvalue weighted by Crippen LogP contribution is -2.48. The standard InChI is InChI=1S/C14H23NO4/c1-2-12-10(7-9-19-12)13(16)15-8-5-3-4-6-11(15)14(17)18/h10-12H,2-9H2,1H3,(H,17,18). The van der Waals surface area contributed by atoms with E-state index >= 15 is 0 Å². The highest BCUT2D eigenvalue weighted by Crippen LogP contribution is 2.28. The van der Waals surface area contributed by atoms with Gasteiger partial charge in [0, 0.05) is 13.2 Å². The summed E-state index contributed by atoms with van der Waals surface area (Å²) < 4.78 is 5.56. The van der Waals surface area contributed by atoms with E-state index in [0.717, 1.165) is 32.1 Å². The van der Waals surface area contributed by atoms with Crippen LogP contribution in [0.3, 0.4) is 0 Å². The number of aliphatic carboxylic acids is 1. The highest BCUT2D eigenvalue weighted by molar-refractivity contribution is 5.85. The quantitative estimate of drug-likeness (QED) is 0.846. The van der Waals surface area contributed by atoms with Crippen molar-refractivity contribution < 1.29 is 19.4 Å². The molecule has 1 N–H and O–H groups in total. The highest BCUT2D eigenvalue weighted by atomic mass is 16.5. The fourth-order valence-electron chi connectivity index (χ4n) is 3.18. The van der Waals surface area contributed by atoms with E-state index in [1.54, 1.807) is 4.90 Å². The number of amides is 1. The lowest BCUT2D eigenvalue weighted by Gasteiger charge is -2.30. The lowest BCUT2D eigenvalue weighted by atomic mass is 9.96. The molecular weight excluding hydrogens is 246 g/mol. The molecule has 108 valence electrons. The van der Waals surface area contributed by atoms with Crippen LogP contribution in [0.5, 0.6) is 0 Å². The third kappa shape index (κ3) is 3.08. The van der Waals surface area contributed by atoms with E-state index in [-0.39, 0.29) is 17.9 Å². The first-order valence-electron chi connectivity index (χ1n) is 7.30. The molecule has 3 atom stereocenters. The Bertz CT molecular complexity index is 344. The van der Waals surface area contributed by atoms with E-state index in [9.17, 15) is 14.7 Å². The van der Waals surface area contributed by atoms with Crippen LogP contribution in [0.1, 0.15) is 45.4 Å². The van der Waals surface area contributed by atoms with Gasteiger partial charge in [-0.15, -0.1) is 0 Å². The molecule has 0 saturated carbocycles. The Morgan fingerprint density at radius 3 is 2.74 bits per heavy atom. The zero-order valence-corrected chi connectivity index (χ0v) is 11.5. The van der Waals surface area contributed by atoms with Gasteiger partial charge in [-0.25, -0.2) is 4.79 Å². The summed E-state index contributed by atoms with van der Waals surface area (Å²) in [4.78, 5) is 25.6. The van der Waals surface area contributed by atoms with Gasteiger partial charge in [-0.1, -0.05) is 19.8 Å². The van der Waals surface area contributed by atoms with Crippen LogP contribution >= 0.6 is 0 Å². The van der Waals surface area contributed by atoms with Crippen LogP contribution in [0.15, 0.2) is 0 Å². The smallest absolute Gasteiger partial charge is 0.326 e. The summed E-state index contributed by atoms with van der Waals surface area (Å²) in [5.41, 5.74) is 0. The third-order valence-corrected chi connectivity index (χ3v) is 4.25. The van der Waals surface area contributed by atoms with Gasteiger partial charge in [0.2, 0.25) is 5.91 Å². The Labute approximate surface area is 113 Å². The molecule has 0 aromatic carbocycles. The summed E-state index contributed by atoms with van der Waals surface area (Å²) >= 11 is 0. The van der Waals surface area contributed by atoms with Crippen molar-refractivity contribution in [3.8, 4) is 0 Å². The Balaban J connectivity index is 2.12. The Morgan fingerprint density at radius 1 is 1.26 bits per heavy atom. The highest BCUT2D eigenvalue weighted by Gasteiger charge is 2.39. The van der Waals surface area contributed by atoms with Gasteiger partial charge in [-0.2, -0.15) is 0 Å². The largest absolute Gasteiger partial charge is 0.480 e. The number of carbonyl (C=O) groups is 2. The van der Waals surface area contributed by atoms with Crippen LogP contribution in [-0.4, -0.2) is 47.2 Å². The average molecular weight is 269 g/mol. The van der Waals surface area contributed by atoms with Gasteiger partial charge < -0.3 is 14.7 Å². The van der Waals surface area contributed by atoms with Gasteiger partial charge in [-0.3, -0.25) is 4.79 Å². The molecule has 5 nitrogen and oxygen atoms in total. The van der Waals surface area contributed by atoms with E-state index in [1.165, 1.54) is 0 Å². The number of likely N-dealkylation sites (tertiary alicyclic amines) is 1. The van der Waals surface area contributed by atoms with Gasteiger partial charge in [0.1, 0.15) is 6.04 Å². The zero-order chi connectivity index (χ0) is 13.8. The maximum absolute atomic E-state index is 12.6. The summed E-state index contributed by atoms with van der Waals surface area (Å²) in [6.45, 7) is 3.19. The van der Waals surface area contributed by atoms with Crippen molar-refractivity contribution in [3.05, 3.63) is 0 Å². The molecule has 2 rings (SSSR count). The number of rotatable bonds is 3. The second kappa shape index (κ2) is 6.37. The average Bonchev–Trinajstić information content (AvgIpc) is 2.73. The minimum absolute atomic E-state index is 0.0151. The summed E-state index contributed by atoms with van der Waals surface area (Å²) in [5, 5.41) is 9.32. The van der Waals surface area contributed by atoms with Gasteiger partial charge in [0.25, 0.3) is 0 Å². The molecule has 2 aliphatic rings. The van der Waals surface area contributed by atoms with Crippen LogP contribution in [0.25, 0.3) is 0 Å². The number of hydrogen-bond donors (Lipinski definition) is 1. The van der Waals surface area contributed by atoms with Gasteiger partial charge >= 0.3 is 5.97 Å². The monoisotopic (exact) mass is 269 g/mol. The molecule has 0 aliphatic carbocycles. The van der Waals surface area contributed by atoms with Crippen LogP contribution in [0, 0.1) is 5.92 Å². The maximum Gasteiger partial charge on any atom is 0.326 e. The molecule has 1 amide bonds. The first-order valence-corrected chi connectivity index (χ1v) is 7.30. The topological polar surface area (TPSA) is 66.8 Å². The molecule has 2 heterocycles. The van der Waals surface area contributed by atoms with E-state index in [4.69, 9.17) is 4.74 Å². The molecule has 2 fully saturated rings. The van der Waals surface area contributed by atoms with Crippen LogP contribution in [0.2, 0.25) is 0 Å². The summed E-state index contributed by atoms with van der Waals surface area (Å²) in [6, 6.07) is -0.645. The third-order valence-electron chi connectivity index (χ3n) is 4.25. The van der Waals surface area contributed by atoms with E-state index in [0.29, 0.717) is 19.6 Å². The molecule has 0 aromatic heterocycles. The number of nitrogens with zero attached hydrogens (tertiary/aromatic N) is 1. The molecule has 2 saturated heterocycles. The SMILES string of the molecule is CCC1OCCC1C(=O)N1CCCCCC1C(=O)O. The zero-order valence-electron chi connectivity index (χ0n) is 11.5. The van der Waals surface area contributed by atoms with Crippen molar-refractivity contribution in [2.24, 2.45) is 5.92 Å². The minimum atomic E-state index is -0.873. The fourth-order valence-corrected chi connectivity index (χ4v) is 3.18. The second-order valence-corrected chi connectivity index (χ2v) is 5.45. The summed E-state index contributed by atoms with van der Waals surface area (Å²) in [7, 11) is 0. The van der Waals surface area contributed by atoms with Crippen LogP contribution in [0.4, 0.5) is 0 Å². The number of carboxylic acid groups (broad SMARTS) is 1. The molecule has 0 bridgehead atoms. The second-order valence-electron chi connectivity index (χ2n) is 5.45. The Hall–Kier alpha value is -1.10.